The van der Waals surface area contributed by atoms with Gasteiger partial charge < -0.3 is 9.73 Å². The van der Waals surface area contributed by atoms with Crippen molar-refractivity contribution >= 4 is 46.7 Å². The van der Waals surface area contributed by atoms with Gasteiger partial charge in [-0.05, 0) is 49.4 Å². The summed E-state index contributed by atoms with van der Waals surface area (Å²) in [5.74, 6) is -0.0126. The van der Waals surface area contributed by atoms with Crippen LogP contribution in [-0.2, 0) is 4.79 Å². The first-order chi connectivity index (χ1) is 13.9. The normalized spacial score (nSPS) is 11.0. The van der Waals surface area contributed by atoms with Crippen LogP contribution in [0.5, 0.6) is 0 Å². The van der Waals surface area contributed by atoms with Crippen LogP contribution in [0.3, 0.4) is 0 Å². The Morgan fingerprint density at radius 3 is 2.52 bits per heavy atom. The van der Waals surface area contributed by atoms with Gasteiger partial charge in [0.1, 0.15) is 23.2 Å². The van der Waals surface area contributed by atoms with Crippen LogP contribution in [0.1, 0.15) is 23.0 Å². The van der Waals surface area contributed by atoms with E-state index in [0.717, 1.165) is 0 Å². The maximum absolute atomic E-state index is 12.5. The summed E-state index contributed by atoms with van der Waals surface area (Å²) in [6, 6.07) is 16.8. The van der Waals surface area contributed by atoms with Crippen molar-refractivity contribution in [2.75, 3.05) is 5.32 Å². The lowest BCUT2D eigenvalue weighted by Crippen LogP contribution is -2.15. The highest BCUT2D eigenvalue weighted by Gasteiger charge is 2.15. The molecule has 29 heavy (non-hydrogen) atoms. The number of rotatable bonds is 5. The van der Waals surface area contributed by atoms with Gasteiger partial charge in [-0.25, -0.2) is 0 Å². The molecule has 1 amide bonds. The van der Waals surface area contributed by atoms with Crippen molar-refractivity contribution in [3.63, 3.8) is 0 Å². The molecular formula is C22H14Cl2N2O3. The fourth-order valence-corrected chi connectivity index (χ4v) is 2.91. The number of halogens is 2. The summed E-state index contributed by atoms with van der Waals surface area (Å²) in [5, 5.41) is 12.8. The smallest absolute Gasteiger partial charge is 0.266 e. The van der Waals surface area contributed by atoms with Crippen LogP contribution in [0.2, 0.25) is 10.0 Å². The van der Waals surface area contributed by atoms with Crippen molar-refractivity contribution in [2.24, 2.45) is 0 Å². The van der Waals surface area contributed by atoms with Gasteiger partial charge in [0.05, 0.1) is 15.7 Å². The summed E-state index contributed by atoms with van der Waals surface area (Å²) in [4.78, 5) is 24.2. The van der Waals surface area contributed by atoms with Gasteiger partial charge in [-0.3, -0.25) is 9.59 Å². The molecule has 1 heterocycles. The largest absolute Gasteiger partial charge is 0.457 e. The lowest BCUT2D eigenvalue weighted by Gasteiger charge is -2.08. The minimum absolute atomic E-state index is 0.168. The van der Waals surface area contributed by atoms with Gasteiger partial charge >= 0.3 is 0 Å². The van der Waals surface area contributed by atoms with Gasteiger partial charge in [-0.2, -0.15) is 5.26 Å². The molecule has 0 fully saturated rings. The van der Waals surface area contributed by atoms with Crippen molar-refractivity contribution in [1.29, 1.82) is 5.26 Å². The highest BCUT2D eigenvalue weighted by atomic mass is 35.5. The molecule has 0 saturated heterocycles. The average Bonchev–Trinajstić information content (AvgIpc) is 3.17. The summed E-state index contributed by atoms with van der Waals surface area (Å²) in [7, 11) is 0. The van der Waals surface area contributed by atoms with Crippen molar-refractivity contribution in [1.82, 2.24) is 0 Å². The van der Waals surface area contributed by atoms with Crippen LogP contribution in [0.4, 0.5) is 5.69 Å². The number of para-hydroxylation sites is 1. The maximum atomic E-state index is 12.5. The van der Waals surface area contributed by atoms with E-state index in [1.165, 1.54) is 13.0 Å². The Hall–Kier alpha value is -3.33. The SMILES string of the molecule is CC(=O)c1ccccc1NC(=O)/C(C#N)=C\c1ccc(-c2ccc(Cl)c(Cl)c2)o1. The van der Waals surface area contributed by atoms with Gasteiger partial charge in [-0.15, -0.1) is 0 Å². The van der Waals surface area contributed by atoms with Crippen LogP contribution >= 0.6 is 23.2 Å². The molecule has 3 aromatic rings. The molecule has 7 heteroatoms. The molecule has 2 aromatic carbocycles. The Kier molecular flexibility index (Phi) is 6.18. The number of hydrogen-bond donors (Lipinski definition) is 1. The number of Topliss-reactive ketones (excluding diaryl/α,β-unsaturated/α-hetero) is 1. The van der Waals surface area contributed by atoms with E-state index in [2.05, 4.69) is 5.32 Å². The van der Waals surface area contributed by atoms with Crippen LogP contribution in [0.25, 0.3) is 17.4 Å². The van der Waals surface area contributed by atoms with Crippen LogP contribution in [-0.4, -0.2) is 11.7 Å². The molecule has 0 radical (unpaired) electrons. The zero-order valence-corrected chi connectivity index (χ0v) is 16.7. The van der Waals surface area contributed by atoms with Gasteiger partial charge in [-0.1, -0.05) is 35.3 Å². The summed E-state index contributed by atoms with van der Waals surface area (Å²) >= 11 is 11.9. The Bertz CT molecular complexity index is 1170. The minimum atomic E-state index is -0.645. The molecule has 144 valence electrons. The Labute approximate surface area is 177 Å². The number of furan rings is 1. The molecule has 3 rings (SSSR count). The molecule has 0 unspecified atom stereocenters. The minimum Gasteiger partial charge on any atom is -0.457 e. The standard InChI is InChI=1S/C22H14Cl2N2O3/c1-13(27)17-4-2-3-5-20(17)26-22(28)15(12-25)10-16-7-9-21(29-16)14-6-8-18(23)19(24)11-14/h2-11H,1H3,(H,26,28)/b15-10-. The molecule has 0 aliphatic heterocycles. The van der Waals surface area contributed by atoms with Gasteiger partial charge in [0.25, 0.3) is 5.91 Å². The zero-order valence-electron chi connectivity index (χ0n) is 15.2. The molecular weight excluding hydrogens is 411 g/mol. The van der Waals surface area contributed by atoms with E-state index < -0.39 is 5.91 Å². The zero-order chi connectivity index (χ0) is 21.0. The van der Waals surface area contributed by atoms with Crippen molar-refractivity contribution in [3.8, 4) is 17.4 Å². The van der Waals surface area contributed by atoms with E-state index in [-0.39, 0.29) is 11.4 Å². The number of carbonyl (C=O) groups excluding carboxylic acids is 2. The highest BCUT2D eigenvalue weighted by molar-refractivity contribution is 6.42. The lowest BCUT2D eigenvalue weighted by molar-refractivity contribution is -0.112. The first kappa shape index (κ1) is 20.4. The number of anilines is 1. The van der Waals surface area contributed by atoms with E-state index in [0.29, 0.717) is 38.4 Å². The molecule has 0 spiro atoms. The van der Waals surface area contributed by atoms with Crippen LogP contribution < -0.4 is 5.32 Å². The van der Waals surface area contributed by atoms with Crippen molar-refractivity contribution < 1.29 is 14.0 Å². The molecule has 1 N–H and O–H groups in total. The number of nitrogens with one attached hydrogen (secondary N) is 1. The van der Waals surface area contributed by atoms with E-state index in [1.807, 2.05) is 6.07 Å². The van der Waals surface area contributed by atoms with Crippen LogP contribution in [0, 0.1) is 11.3 Å². The number of carbonyl (C=O) groups is 2. The van der Waals surface area contributed by atoms with Crippen LogP contribution in [0.15, 0.2) is 64.6 Å². The first-order valence-corrected chi connectivity index (χ1v) is 9.23. The molecule has 5 nitrogen and oxygen atoms in total. The Morgan fingerprint density at radius 2 is 1.83 bits per heavy atom. The quantitative estimate of drug-likeness (QED) is 0.309. The third kappa shape index (κ3) is 4.75. The summed E-state index contributed by atoms with van der Waals surface area (Å²) in [6.45, 7) is 1.40. The number of hydrogen-bond acceptors (Lipinski definition) is 4. The van der Waals surface area contributed by atoms with Crippen molar-refractivity contribution in [2.45, 2.75) is 6.92 Å². The number of amides is 1. The first-order valence-electron chi connectivity index (χ1n) is 8.47. The van der Waals surface area contributed by atoms with Gasteiger partial charge in [0.2, 0.25) is 0 Å². The molecule has 0 saturated carbocycles. The third-order valence-corrected chi connectivity index (χ3v) is 4.78. The van der Waals surface area contributed by atoms with Gasteiger partial charge in [0, 0.05) is 17.2 Å². The van der Waals surface area contributed by atoms with E-state index in [1.54, 1.807) is 54.6 Å². The fraction of sp³-hybridized carbons (Fsp3) is 0.0455. The predicted octanol–water partition coefficient (Wildman–Crippen LogP) is 6.00. The molecule has 0 atom stereocenters. The average molecular weight is 425 g/mol. The third-order valence-electron chi connectivity index (χ3n) is 4.04. The molecule has 1 aromatic heterocycles. The molecule has 0 bridgehead atoms. The fourth-order valence-electron chi connectivity index (χ4n) is 2.61. The second-order valence-electron chi connectivity index (χ2n) is 6.06. The topological polar surface area (TPSA) is 83.1 Å². The predicted molar refractivity (Wildman–Crippen MR) is 113 cm³/mol. The van der Waals surface area contributed by atoms with E-state index in [4.69, 9.17) is 27.6 Å². The lowest BCUT2D eigenvalue weighted by atomic mass is 10.1. The molecule has 0 aliphatic carbocycles. The molecule has 0 aliphatic rings. The summed E-state index contributed by atoms with van der Waals surface area (Å²) in [6.07, 6.45) is 1.33. The number of nitrogens with zero attached hydrogens (tertiary/aromatic N) is 1. The Morgan fingerprint density at radius 1 is 1.07 bits per heavy atom. The van der Waals surface area contributed by atoms with Gasteiger partial charge in [0.15, 0.2) is 5.78 Å². The van der Waals surface area contributed by atoms with Crippen molar-refractivity contribution in [3.05, 3.63) is 81.5 Å². The number of ketones is 1. The summed E-state index contributed by atoms with van der Waals surface area (Å²) in [5.41, 5.74) is 1.23. The monoisotopic (exact) mass is 424 g/mol. The number of benzene rings is 2. The second kappa shape index (κ2) is 8.78. The highest BCUT2D eigenvalue weighted by Crippen LogP contribution is 2.30. The van der Waals surface area contributed by atoms with E-state index in [9.17, 15) is 14.9 Å². The summed E-state index contributed by atoms with van der Waals surface area (Å²) < 4.78 is 5.70. The van der Waals surface area contributed by atoms with E-state index >= 15 is 0 Å². The Balaban J connectivity index is 1.84. The number of nitriles is 1. The second-order valence-corrected chi connectivity index (χ2v) is 6.87. The maximum Gasteiger partial charge on any atom is 0.266 e.